The normalized spacial score (nSPS) is 12.9. The van der Waals surface area contributed by atoms with Gasteiger partial charge in [-0.15, -0.1) is 0 Å². The largest absolute Gasteiger partial charge is 0.392 e. The highest BCUT2D eigenvalue weighted by Gasteiger charge is 2.37. The summed E-state index contributed by atoms with van der Waals surface area (Å²) in [5.41, 5.74) is -1.73. The summed E-state index contributed by atoms with van der Waals surface area (Å²) >= 11 is 0. The Labute approximate surface area is 128 Å². The summed E-state index contributed by atoms with van der Waals surface area (Å²) in [5, 5.41) is 0. The zero-order chi connectivity index (χ0) is 16.8. The number of carbonyl (C=O) groups excluding carboxylic acids is 2. The average molecular weight is 302 g/mol. The first-order chi connectivity index (χ1) is 9.38. The van der Waals surface area contributed by atoms with E-state index in [1.54, 1.807) is 27.7 Å². The Balaban J connectivity index is 4.57. The Hall–Kier alpha value is -0.940. The fourth-order valence-electron chi connectivity index (χ4n) is 1.23. The summed E-state index contributed by atoms with van der Waals surface area (Å²) in [6.07, 6.45) is 0.0346. The third kappa shape index (κ3) is 7.58. The van der Waals surface area contributed by atoms with Crippen LogP contribution in [0.1, 0.15) is 55.4 Å². The molecule has 0 spiro atoms. The lowest BCUT2D eigenvalue weighted by Gasteiger charge is -2.27. The Morgan fingerprint density at radius 2 is 1.05 bits per heavy atom. The molecular weight excluding hydrogens is 272 g/mol. The molecule has 0 saturated carbocycles. The predicted octanol–water partition coefficient (Wildman–Crippen LogP) is 2.96. The third-order valence-electron chi connectivity index (χ3n) is 2.85. The molecule has 0 unspecified atom stereocenters. The molecule has 0 aliphatic carbocycles. The van der Waals surface area contributed by atoms with Crippen molar-refractivity contribution in [3.05, 3.63) is 0 Å². The van der Waals surface area contributed by atoms with Gasteiger partial charge in [0.2, 0.25) is 0 Å². The number of hydrogen-bond acceptors (Lipinski definition) is 5. The molecule has 0 N–H and O–H groups in total. The second-order valence-corrected chi connectivity index (χ2v) is 7.16. The van der Waals surface area contributed by atoms with Crippen molar-refractivity contribution >= 4 is 11.9 Å². The fraction of sp³-hybridized carbons (Fsp3) is 0.875. The van der Waals surface area contributed by atoms with Crippen LogP contribution in [0.4, 0.5) is 0 Å². The van der Waals surface area contributed by atoms with Gasteiger partial charge in [-0.25, -0.2) is 0 Å². The molecule has 0 radical (unpaired) electrons. The monoisotopic (exact) mass is 302 g/mol. The first-order valence-electron chi connectivity index (χ1n) is 7.38. The quantitative estimate of drug-likeness (QED) is 0.509. The third-order valence-corrected chi connectivity index (χ3v) is 2.85. The molecule has 0 aliphatic rings. The molecule has 21 heavy (non-hydrogen) atoms. The molecule has 0 atom stereocenters. The Bertz CT molecular complexity index is 322. The van der Waals surface area contributed by atoms with Crippen molar-refractivity contribution < 1.29 is 23.8 Å². The van der Waals surface area contributed by atoms with E-state index in [1.165, 1.54) is 0 Å². The Kier molecular flexibility index (Phi) is 7.54. The molecule has 0 aliphatic heterocycles. The van der Waals surface area contributed by atoms with Crippen molar-refractivity contribution in [3.63, 3.8) is 0 Å². The molecule has 0 fully saturated rings. The SMILES string of the molecule is CC(C)OCC(C)(C)C(=O)OC(=O)C(C)(C)COC(C)C. The van der Waals surface area contributed by atoms with E-state index >= 15 is 0 Å². The summed E-state index contributed by atoms with van der Waals surface area (Å²) in [6.45, 7) is 14.8. The van der Waals surface area contributed by atoms with Gasteiger partial charge >= 0.3 is 11.9 Å². The average Bonchev–Trinajstić information content (AvgIpc) is 2.34. The van der Waals surface area contributed by atoms with Gasteiger partial charge in [-0.2, -0.15) is 0 Å². The second kappa shape index (κ2) is 7.90. The number of ether oxygens (including phenoxy) is 3. The molecule has 0 aromatic rings. The molecule has 5 nitrogen and oxygen atoms in total. The standard InChI is InChI=1S/C16H30O5/c1-11(2)19-9-15(5,6)13(17)21-14(18)16(7,8)10-20-12(3)4/h11-12H,9-10H2,1-8H3. The molecule has 0 heterocycles. The van der Waals surface area contributed by atoms with Crippen LogP contribution >= 0.6 is 0 Å². The minimum atomic E-state index is -0.866. The van der Waals surface area contributed by atoms with E-state index in [9.17, 15) is 9.59 Å². The molecule has 0 saturated heterocycles. The van der Waals surface area contributed by atoms with E-state index in [1.807, 2.05) is 27.7 Å². The van der Waals surface area contributed by atoms with Crippen molar-refractivity contribution in [2.45, 2.75) is 67.6 Å². The first kappa shape index (κ1) is 20.1. The van der Waals surface area contributed by atoms with Gasteiger partial charge < -0.3 is 14.2 Å². The van der Waals surface area contributed by atoms with Gasteiger partial charge in [-0.05, 0) is 55.4 Å². The smallest absolute Gasteiger partial charge is 0.321 e. The van der Waals surface area contributed by atoms with Gasteiger partial charge in [0.25, 0.3) is 0 Å². The Morgan fingerprint density at radius 1 is 0.762 bits per heavy atom. The van der Waals surface area contributed by atoms with Gasteiger partial charge in [-0.1, -0.05) is 0 Å². The number of carbonyl (C=O) groups is 2. The van der Waals surface area contributed by atoms with Crippen LogP contribution in [0.2, 0.25) is 0 Å². The van der Waals surface area contributed by atoms with Crippen molar-refractivity contribution in [2.24, 2.45) is 10.8 Å². The summed E-state index contributed by atoms with van der Waals surface area (Å²) in [4.78, 5) is 24.2. The minimum absolute atomic E-state index is 0.0173. The fourth-order valence-corrected chi connectivity index (χ4v) is 1.23. The Morgan fingerprint density at radius 3 is 1.29 bits per heavy atom. The number of hydrogen-bond donors (Lipinski definition) is 0. The van der Waals surface area contributed by atoms with Crippen molar-refractivity contribution in [1.29, 1.82) is 0 Å². The van der Waals surface area contributed by atoms with Crippen LogP contribution in [0.15, 0.2) is 0 Å². The van der Waals surface area contributed by atoms with E-state index in [0.717, 1.165) is 0 Å². The van der Waals surface area contributed by atoms with E-state index in [-0.39, 0.29) is 25.4 Å². The van der Waals surface area contributed by atoms with Crippen LogP contribution in [0, 0.1) is 10.8 Å². The van der Waals surface area contributed by atoms with Gasteiger partial charge in [0.05, 0.1) is 36.3 Å². The van der Waals surface area contributed by atoms with Crippen LogP contribution in [0.3, 0.4) is 0 Å². The molecule has 0 amide bonds. The molecule has 0 rings (SSSR count). The molecular formula is C16H30O5. The molecule has 0 bridgehead atoms. The molecule has 0 aromatic carbocycles. The maximum Gasteiger partial charge on any atom is 0.321 e. The van der Waals surface area contributed by atoms with E-state index in [0.29, 0.717) is 0 Å². The molecule has 5 heteroatoms. The van der Waals surface area contributed by atoms with Crippen LogP contribution in [0.25, 0.3) is 0 Å². The molecule has 0 aromatic heterocycles. The predicted molar refractivity (Wildman–Crippen MR) is 80.8 cm³/mol. The highest BCUT2D eigenvalue weighted by atomic mass is 16.6. The number of esters is 2. The highest BCUT2D eigenvalue weighted by molar-refractivity contribution is 5.91. The van der Waals surface area contributed by atoms with Crippen molar-refractivity contribution in [2.75, 3.05) is 13.2 Å². The van der Waals surface area contributed by atoms with Crippen LogP contribution in [0.5, 0.6) is 0 Å². The van der Waals surface area contributed by atoms with Gasteiger partial charge in [0.1, 0.15) is 0 Å². The van der Waals surface area contributed by atoms with Crippen LogP contribution in [-0.2, 0) is 23.8 Å². The van der Waals surface area contributed by atoms with Crippen LogP contribution in [-0.4, -0.2) is 37.4 Å². The summed E-state index contributed by atoms with van der Waals surface area (Å²) in [5.74, 6) is -1.16. The lowest BCUT2D eigenvalue weighted by Crippen LogP contribution is -2.39. The van der Waals surface area contributed by atoms with E-state index < -0.39 is 22.8 Å². The maximum atomic E-state index is 12.1. The molecule has 124 valence electrons. The second-order valence-electron chi connectivity index (χ2n) is 7.16. The van der Waals surface area contributed by atoms with Gasteiger partial charge in [-0.3, -0.25) is 9.59 Å². The summed E-state index contributed by atoms with van der Waals surface area (Å²) in [7, 11) is 0. The lowest BCUT2D eigenvalue weighted by molar-refractivity contribution is -0.176. The topological polar surface area (TPSA) is 61.8 Å². The van der Waals surface area contributed by atoms with Crippen molar-refractivity contribution in [3.8, 4) is 0 Å². The minimum Gasteiger partial charge on any atom is -0.392 e. The first-order valence-corrected chi connectivity index (χ1v) is 7.38. The highest BCUT2D eigenvalue weighted by Crippen LogP contribution is 2.23. The van der Waals surface area contributed by atoms with Gasteiger partial charge in [0.15, 0.2) is 0 Å². The number of rotatable bonds is 8. The van der Waals surface area contributed by atoms with Crippen molar-refractivity contribution in [1.82, 2.24) is 0 Å². The maximum absolute atomic E-state index is 12.1. The van der Waals surface area contributed by atoms with E-state index in [2.05, 4.69) is 0 Å². The summed E-state index contributed by atoms with van der Waals surface area (Å²) in [6, 6.07) is 0. The summed E-state index contributed by atoms with van der Waals surface area (Å²) < 4.78 is 15.9. The van der Waals surface area contributed by atoms with E-state index in [4.69, 9.17) is 14.2 Å². The van der Waals surface area contributed by atoms with Crippen LogP contribution < -0.4 is 0 Å². The van der Waals surface area contributed by atoms with Gasteiger partial charge in [0, 0.05) is 0 Å². The zero-order valence-electron chi connectivity index (χ0n) is 14.6. The zero-order valence-corrected chi connectivity index (χ0v) is 14.6. The lowest BCUT2D eigenvalue weighted by atomic mass is 9.93.